The topological polar surface area (TPSA) is 23.6 Å². The third kappa shape index (κ3) is 2.35. The first kappa shape index (κ1) is 11.2. The van der Waals surface area contributed by atoms with E-state index < -0.39 is 0 Å². The standard InChI is InChI=1S/C11H20N2O/c1-5-11(14)12-6-7-13(9(2)3)10(4)8-12/h5,9-10H,1,6-8H2,2-4H3/t10-/m1/s1. The Morgan fingerprint density at radius 2 is 2.14 bits per heavy atom. The largest absolute Gasteiger partial charge is 0.336 e. The summed E-state index contributed by atoms with van der Waals surface area (Å²) in [6.45, 7) is 12.7. The minimum atomic E-state index is 0.0558. The maximum atomic E-state index is 11.4. The van der Waals surface area contributed by atoms with Crippen molar-refractivity contribution in [2.75, 3.05) is 19.6 Å². The van der Waals surface area contributed by atoms with Crippen molar-refractivity contribution in [2.24, 2.45) is 0 Å². The van der Waals surface area contributed by atoms with Gasteiger partial charge in [0.1, 0.15) is 0 Å². The predicted molar refractivity (Wildman–Crippen MR) is 58.1 cm³/mol. The lowest BCUT2D eigenvalue weighted by Crippen LogP contribution is -2.55. The molecule has 0 radical (unpaired) electrons. The number of hydrogen-bond acceptors (Lipinski definition) is 2. The quantitative estimate of drug-likeness (QED) is 0.618. The number of carbonyl (C=O) groups is 1. The lowest BCUT2D eigenvalue weighted by Gasteiger charge is -2.41. The van der Waals surface area contributed by atoms with E-state index in [-0.39, 0.29) is 5.91 Å². The van der Waals surface area contributed by atoms with E-state index in [9.17, 15) is 4.79 Å². The Bertz CT molecular complexity index is 225. The zero-order valence-electron chi connectivity index (χ0n) is 9.36. The van der Waals surface area contributed by atoms with Crippen molar-refractivity contribution in [3.05, 3.63) is 12.7 Å². The fourth-order valence-corrected chi connectivity index (χ4v) is 2.07. The van der Waals surface area contributed by atoms with Gasteiger partial charge in [0.05, 0.1) is 0 Å². The Balaban J connectivity index is 2.54. The zero-order valence-corrected chi connectivity index (χ0v) is 9.36. The highest BCUT2D eigenvalue weighted by molar-refractivity contribution is 5.87. The summed E-state index contributed by atoms with van der Waals surface area (Å²) in [6.07, 6.45) is 1.40. The van der Waals surface area contributed by atoms with Crippen molar-refractivity contribution in [3.8, 4) is 0 Å². The normalized spacial score (nSPS) is 24.0. The maximum absolute atomic E-state index is 11.4. The van der Waals surface area contributed by atoms with Gasteiger partial charge in [-0.15, -0.1) is 0 Å². The zero-order chi connectivity index (χ0) is 10.7. The van der Waals surface area contributed by atoms with Crippen molar-refractivity contribution >= 4 is 5.91 Å². The number of rotatable bonds is 2. The maximum Gasteiger partial charge on any atom is 0.246 e. The van der Waals surface area contributed by atoms with Crippen LogP contribution in [0.15, 0.2) is 12.7 Å². The van der Waals surface area contributed by atoms with Gasteiger partial charge >= 0.3 is 0 Å². The van der Waals surface area contributed by atoms with Crippen LogP contribution in [-0.2, 0) is 4.79 Å². The number of piperazine rings is 1. The molecule has 1 atom stereocenters. The fourth-order valence-electron chi connectivity index (χ4n) is 2.07. The molecule has 0 unspecified atom stereocenters. The molecular formula is C11H20N2O. The smallest absolute Gasteiger partial charge is 0.246 e. The van der Waals surface area contributed by atoms with Crippen molar-refractivity contribution in [1.82, 2.24) is 9.80 Å². The minimum absolute atomic E-state index is 0.0558. The van der Waals surface area contributed by atoms with Crippen molar-refractivity contribution in [1.29, 1.82) is 0 Å². The SMILES string of the molecule is C=CC(=O)N1CCN(C(C)C)[C@H](C)C1. The predicted octanol–water partition coefficient (Wildman–Crippen LogP) is 1.11. The fraction of sp³-hybridized carbons (Fsp3) is 0.727. The molecule has 1 fully saturated rings. The molecule has 1 aliphatic rings. The molecular weight excluding hydrogens is 176 g/mol. The highest BCUT2D eigenvalue weighted by atomic mass is 16.2. The lowest BCUT2D eigenvalue weighted by atomic mass is 10.1. The summed E-state index contributed by atoms with van der Waals surface area (Å²) in [5.74, 6) is 0.0558. The third-order valence-corrected chi connectivity index (χ3v) is 2.83. The summed E-state index contributed by atoms with van der Waals surface area (Å²) < 4.78 is 0. The van der Waals surface area contributed by atoms with Crippen molar-refractivity contribution in [2.45, 2.75) is 32.9 Å². The Kier molecular flexibility index (Phi) is 3.69. The average molecular weight is 196 g/mol. The number of amides is 1. The molecule has 0 aromatic carbocycles. The molecule has 0 aromatic heterocycles. The van der Waals surface area contributed by atoms with Gasteiger partial charge in [-0.1, -0.05) is 6.58 Å². The molecule has 0 saturated carbocycles. The van der Waals surface area contributed by atoms with Gasteiger partial charge in [-0.05, 0) is 26.8 Å². The van der Waals surface area contributed by atoms with E-state index in [1.54, 1.807) is 0 Å². The molecule has 1 aliphatic heterocycles. The van der Waals surface area contributed by atoms with E-state index in [4.69, 9.17) is 0 Å². The van der Waals surface area contributed by atoms with Crippen LogP contribution in [0, 0.1) is 0 Å². The van der Waals surface area contributed by atoms with Gasteiger partial charge in [-0.2, -0.15) is 0 Å². The summed E-state index contributed by atoms with van der Waals surface area (Å²) in [7, 11) is 0. The first-order chi connectivity index (χ1) is 6.56. The average Bonchev–Trinajstić information content (AvgIpc) is 2.15. The molecule has 1 saturated heterocycles. The molecule has 0 bridgehead atoms. The minimum Gasteiger partial charge on any atom is -0.336 e. The molecule has 0 aromatic rings. The van der Waals surface area contributed by atoms with Crippen LogP contribution in [0.3, 0.4) is 0 Å². The van der Waals surface area contributed by atoms with Gasteiger partial charge in [0.15, 0.2) is 0 Å². The number of carbonyl (C=O) groups excluding carboxylic acids is 1. The lowest BCUT2D eigenvalue weighted by molar-refractivity contribution is -0.129. The summed E-state index contributed by atoms with van der Waals surface area (Å²) in [5, 5.41) is 0. The number of nitrogens with zero attached hydrogens (tertiary/aromatic N) is 2. The number of hydrogen-bond donors (Lipinski definition) is 0. The molecule has 0 N–H and O–H groups in total. The van der Waals surface area contributed by atoms with E-state index in [1.807, 2.05) is 4.90 Å². The van der Waals surface area contributed by atoms with Gasteiger partial charge < -0.3 is 4.90 Å². The van der Waals surface area contributed by atoms with Crippen LogP contribution in [0.25, 0.3) is 0 Å². The van der Waals surface area contributed by atoms with Crippen molar-refractivity contribution < 1.29 is 4.79 Å². The van der Waals surface area contributed by atoms with Gasteiger partial charge in [0.2, 0.25) is 5.91 Å². The molecule has 0 spiro atoms. The second-order valence-corrected chi connectivity index (χ2v) is 4.17. The highest BCUT2D eigenvalue weighted by Crippen LogP contribution is 2.12. The van der Waals surface area contributed by atoms with E-state index >= 15 is 0 Å². The molecule has 14 heavy (non-hydrogen) atoms. The van der Waals surface area contributed by atoms with Crippen LogP contribution in [0.2, 0.25) is 0 Å². The Morgan fingerprint density at radius 1 is 1.50 bits per heavy atom. The van der Waals surface area contributed by atoms with Gasteiger partial charge in [0.25, 0.3) is 0 Å². The molecule has 80 valence electrons. The summed E-state index contributed by atoms with van der Waals surface area (Å²) in [4.78, 5) is 15.7. The third-order valence-electron chi connectivity index (χ3n) is 2.83. The molecule has 0 aliphatic carbocycles. The van der Waals surface area contributed by atoms with Gasteiger partial charge in [-0.3, -0.25) is 9.69 Å². The monoisotopic (exact) mass is 196 g/mol. The van der Waals surface area contributed by atoms with Crippen LogP contribution in [0.1, 0.15) is 20.8 Å². The summed E-state index contributed by atoms with van der Waals surface area (Å²) in [5.41, 5.74) is 0. The van der Waals surface area contributed by atoms with Crippen LogP contribution in [0.5, 0.6) is 0 Å². The summed E-state index contributed by atoms with van der Waals surface area (Å²) in [6, 6.07) is 1.01. The highest BCUT2D eigenvalue weighted by Gasteiger charge is 2.26. The molecule has 1 rings (SSSR count). The van der Waals surface area contributed by atoms with Crippen LogP contribution in [0.4, 0.5) is 0 Å². The van der Waals surface area contributed by atoms with E-state index in [0.717, 1.165) is 19.6 Å². The Morgan fingerprint density at radius 3 is 2.57 bits per heavy atom. The molecule has 1 amide bonds. The Labute approximate surface area is 86.4 Å². The first-order valence-electron chi connectivity index (χ1n) is 5.23. The Hall–Kier alpha value is -0.830. The second kappa shape index (κ2) is 4.60. The van der Waals surface area contributed by atoms with Crippen LogP contribution >= 0.6 is 0 Å². The second-order valence-electron chi connectivity index (χ2n) is 4.17. The van der Waals surface area contributed by atoms with E-state index in [1.165, 1.54) is 6.08 Å². The first-order valence-corrected chi connectivity index (χ1v) is 5.23. The molecule has 3 heteroatoms. The van der Waals surface area contributed by atoms with E-state index in [0.29, 0.717) is 12.1 Å². The van der Waals surface area contributed by atoms with Crippen LogP contribution < -0.4 is 0 Å². The van der Waals surface area contributed by atoms with Gasteiger partial charge in [-0.25, -0.2) is 0 Å². The van der Waals surface area contributed by atoms with Crippen LogP contribution in [-0.4, -0.2) is 47.4 Å². The van der Waals surface area contributed by atoms with Gasteiger partial charge in [0, 0.05) is 31.7 Å². The van der Waals surface area contributed by atoms with E-state index in [2.05, 4.69) is 32.3 Å². The molecule has 1 heterocycles. The molecule has 3 nitrogen and oxygen atoms in total. The summed E-state index contributed by atoms with van der Waals surface area (Å²) >= 11 is 0. The van der Waals surface area contributed by atoms with Crippen molar-refractivity contribution in [3.63, 3.8) is 0 Å².